The number of benzene rings is 2. The van der Waals surface area contributed by atoms with Crippen LogP contribution in [0.2, 0.25) is 0 Å². The molecule has 2 unspecified atom stereocenters. The lowest BCUT2D eigenvalue weighted by molar-refractivity contribution is -0.119. The van der Waals surface area contributed by atoms with E-state index < -0.39 is 0 Å². The average Bonchev–Trinajstić information content (AvgIpc) is 3.00. The molecule has 1 aliphatic rings. The van der Waals surface area contributed by atoms with Crippen molar-refractivity contribution in [1.82, 2.24) is 5.32 Å². The monoisotopic (exact) mass is 332 g/mol. The van der Waals surface area contributed by atoms with Gasteiger partial charge in [0.15, 0.2) is 5.78 Å². The zero-order chi connectivity index (χ0) is 17.6. The lowest BCUT2D eigenvalue weighted by Crippen LogP contribution is -2.28. The molecule has 2 aromatic carbocycles. The Kier molecular flexibility index (Phi) is 5.63. The molecule has 0 saturated carbocycles. The van der Waals surface area contributed by atoms with Crippen LogP contribution < -0.4 is 5.32 Å². The number of unbranched alkanes of at least 4 members (excludes halogenated alkanes) is 1. The van der Waals surface area contributed by atoms with Gasteiger partial charge in [0.2, 0.25) is 0 Å². The van der Waals surface area contributed by atoms with Gasteiger partial charge < -0.3 is 5.32 Å². The number of nitrogens with zero attached hydrogens (tertiary/aromatic N) is 1. The molecule has 3 nitrogen and oxygen atoms in total. The summed E-state index contributed by atoms with van der Waals surface area (Å²) in [6, 6.07) is 18.6. The highest BCUT2D eigenvalue weighted by Crippen LogP contribution is 2.27. The van der Waals surface area contributed by atoms with Gasteiger partial charge in [0.05, 0.1) is 18.2 Å². The third kappa shape index (κ3) is 3.97. The minimum absolute atomic E-state index is 0.0284. The molecule has 0 aliphatic carbocycles. The molecule has 2 aromatic rings. The summed E-state index contributed by atoms with van der Waals surface area (Å²) in [6.45, 7) is 2.65. The first kappa shape index (κ1) is 17.4. The Labute approximate surface area is 149 Å². The fraction of sp³-hybridized carbons (Fsp3) is 0.364. The van der Waals surface area contributed by atoms with Gasteiger partial charge in [0, 0.05) is 12.0 Å². The van der Waals surface area contributed by atoms with Crippen molar-refractivity contribution in [3.8, 4) is 17.2 Å². The molecule has 1 saturated heterocycles. The Morgan fingerprint density at radius 3 is 2.72 bits per heavy atom. The van der Waals surface area contributed by atoms with Crippen molar-refractivity contribution in [3.63, 3.8) is 0 Å². The maximum Gasteiger partial charge on any atom is 0.151 e. The fourth-order valence-electron chi connectivity index (χ4n) is 3.65. The fourth-order valence-corrected chi connectivity index (χ4v) is 3.65. The van der Waals surface area contributed by atoms with Gasteiger partial charge in [-0.3, -0.25) is 4.79 Å². The SMILES string of the molecule is CCCCC1NCC(=O)C1Cc1ccc(-c2ccccc2)c(C#N)c1. The molecule has 1 fully saturated rings. The summed E-state index contributed by atoms with van der Waals surface area (Å²) in [5.41, 5.74) is 3.74. The van der Waals surface area contributed by atoms with Gasteiger partial charge in [0.25, 0.3) is 0 Å². The minimum atomic E-state index is 0.0284. The molecule has 0 aromatic heterocycles. The second-order valence-corrected chi connectivity index (χ2v) is 6.76. The van der Waals surface area contributed by atoms with E-state index >= 15 is 0 Å². The number of nitrogens with one attached hydrogen (secondary N) is 1. The highest BCUT2D eigenvalue weighted by molar-refractivity contribution is 5.86. The van der Waals surface area contributed by atoms with Crippen LogP contribution in [0.4, 0.5) is 0 Å². The van der Waals surface area contributed by atoms with Crippen molar-refractivity contribution in [2.45, 2.75) is 38.6 Å². The van der Waals surface area contributed by atoms with E-state index in [0.717, 1.165) is 36.0 Å². The molecule has 1 N–H and O–H groups in total. The third-order valence-corrected chi connectivity index (χ3v) is 5.05. The van der Waals surface area contributed by atoms with Gasteiger partial charge in [-0.15, -0.1) is 0 Å². The number of ketones is 1. The van der Waals surface area contributed by atoms with E-state index in [1.807, 2.05) is 42.5 Å². The molecule has 1 heterocycles. The molecule has 2 atom stereocenters. The number of carbonyl (C=O) groups is 1. The first-order valence-corrected chi connectivity index (χ1v) is 9.07. The maximum atomic E-state index is 12.3. The van der Waals surface area contributed by atoms with E-state index in [-0.39, 0.29) is 12.0 Å². The van der Waals surface area contributed by atoms with Crippen LogP contribution in [0.3, 0.4) is 0 Å². The molecule has 3 heteroatoms. The second kappa shape index (κ2) is 8.09. The zero-order valence-corrected chi connectivity index (χ0v) is 14.7. The molecule has 0 radical (unpaired) electrons. The van der Waals surface area contributed by atoms with Crippen molar-refractivity contribution in [3.05, 3.63) is 59.7 Å². The number of hydrogen-bond donors (Lipinski definition) is 1. The molecular weight excluding hydrogens is 308 g/mol. The first-order valence-electron chi connectivity index (χ1n) is 9.07. The smallest absolute Gasteiger partial charge is 0.151 e. The molecule has 3 rings (SSSR count). The standard InChI is InChI=1S/C22H24N2O/c1-2-3-9-21-20(22(25)15-24-21)13-16-10-11-19(18(12-16)14-23)17-7-5-4-6-8-17/h4-8,10-12,20-21,24H,2-3,9,13,15H2,1H3. The Bertz CT molecular complexity index is 776. The van der Waals surface area contributed by atoms with E-state index in [9.17, 15) is 10.1 Å². The van der Waals surface area contributed by atoms with Crippen molar-refractivity contribution in [2.75, 3.05) is 6.54 Å². The number of nitriles is 1. The van der Waals surface area contributed by atoms with Crippen LogP contribution in [0.25, 0.3) is 11.1 Å². The van der Waals surface area contributed by atoms with Gasteiger partial charge >= 0.3 is 0 Å². The Morgan fingerprint density at radius 1 is 1.20 bits per heavy atom. The summed E-state index contributed by atoms with van der Waals surface area (Å²) in [5.74, 6) is 0.326. The molecule has 0 amide bonds. The van der Waals surface area contributed by atoms with E-state index in [4.69, 9.17) is 0 Å². The topological polar surface area (TPSA) is 52.9 Å². The Hall–Kier alpha value is -2.44. The minimum Gasteiger partial charge on any atom is -0.306 e. The summed E-state index contributed by atoms with van der Waals surface area (Å²) in [7, 11) is 0. The lowest BCUT2D eigenvalue weighted by atomic mass is 9.87. The van der Waals surface area contributed by atoms with Crippen molar-refractivity contribution < 1.29 is 4.79 Å². The van der Waals surface area contributed by atoms with Crippen LogP contribution in [-0.2, 0) is 11.2 Å². The highest BCUT2D eigenvalue weighted by atomic mass is 16.1. The number of Topliss-reactive ketones (excluding diaryl/α,β-unsaturated/α-hetero) is 1. The van der Waals surface area contributed by atoms with Crippen LogP contribution in [0.1, 0.15) is 37.3 Å². The predicted octanol–water partition coefficient (Wildman–Crippen LogP) is 4.12. The van der Waals surface area contributed by atoms with E-state index in [1.165, 1.54) is 0 Å². The summed E-state index contributed by atoms with van der Waals surface area (Å²) in [6.07, 6.45) is 4.03. The molecule has 0 bridgehead atoms. The van der Waals surface area contributed by atoms with Gasteiger partial charge in [0.1, 0.15) is 0 Å². The maximum absolute atomic E-state index is 12.3. The number of rotatable bonds is 6. The summed E-state index contributed by atoms with van der Waals surface area (Å²) >= 11 is 0. The van der Waals surface area contributed by atoms with Gasteiger partial charge in [-0.1, -0.05) is 62.2 Å². The third-order valence-electron chi connectivity index (χ3n) is 5.05. The molecule has 25 heavy (non-hydrogen) atoms. The van der Waals surface area contributed by atoms with Crippen molar-refractivity contribution in [2.24, 2.45) is 5.92 Å². The zero-order valence-electron chi connectivity index (χ0n) is 14.7. The largest absolute Gasteiger partial charge is 0.306 e. The summed E-state index contributed by atoms with van der Waals surface area (Å²) in [5, 5.41) is 12.9. The van der Waals surface area contributed by atoms with Crippen LogP contribution in [0.5, 0.6) is 0 Å². The quantitative estimate of drug-likeness (QED) is 0.866. The van der Waals surface area contributed by atoms with Gasteiger partial charge in [-0.05, 0) is 35.6 Å². The van der Waals surface area contributed by atoms with E-state index in [0.29, 0.717) is 24.3 Å². The van der Waals surface area contributed by atoms with Crippen molar-refractivity contribution in [1.29, 1.82) is 5.26 Å². The first-order chi connectivity index (χ1) is 12.2. The van der Waals surface area contributed by atoms with Crippen molar-refractivity contribution >= 4 is 5.78 Å². The molecule has 0 spiro atoms. The predicted molar refractivity (Wildman–Crippen MR) is 100 cm³/mol. The second-order valence-electron chi connectivity index (χ2n) is 6.76. The van der Waals surface area contributed by atoms with E-state index in [1.54, 1.807) is 0 Å². The lowest BCUT2D eigenvalue weighted by Gasteiger charge is -2.18. The summed E-state index contributed by atoms with van der Waals surface area (Å²) in [4.78, 5) is 12.3. The molecule has 128 valence electrons. The normalized spacial score (nSPS) is 19.8. The highest BCUT2D eigenvalue weighted by Gasteiger charge is 2.33. The Morgan fingerprint density at radius 2 is 2.00 bits per heavy atom. The van der Waals surface area contributed by atoms with Crippen LogP contribution in [0.15, 0.2) is 48.5 Å². The van der Waals surface area contributed by atoms with Crippen LogP contribution in [-0.4, -0.2) is 18.4 Å². The molecule has 1 aliphatic heterocycles. The van der Waals surface area contributed by atoms with Crippen LogP contribution in [0, 0.1) is 17.2 Å². The Balaban J connectivity index is 1.81. The summed E-state index contributed by atoms with van der Waals surface area (Å²) < 4.78 is 0. The van der Waals surface area contributed by atoms with Gasteiger partial charge in [-0.25, -0.2) is 0 Å². The molecular formula is C22H24N2O. The van der Waals surface area contributed by atoms with Gasteiger partial charge in [-0.2, -0.15) is 5.26 Å². The van der Waals surface area contributed by atoms with E-state index in [2.05, 4.69) is 24.4 Å². The average molecular weight is 332 g/mol. The number of hydrogen-bond acceptors (Lipinski definition) is 3. The van der Waals surface area contributed by atoms with Crippen LogP contribution >= 0.6 is 0 Å². The number of carbonyl (C=O) groups excluding carboxylic acids is 1.